The van der Waals surface area contributed by atoms with Gasteiger partial charge >= 0.3 is 0 Å². The van der Waals surface area contributed by atoms with Gasteiger partial charge in [-0.15, -0.1) is 0 Å². The third kappa shape index (κ3) is 3.72. The fourth-order valence-electron chi connectivity index (χ4n) is 6.44. The molecule has 1 fully saturated rings. The van der Waals surface area contributed by atoms with E-state index in [1.54, 1.807) is 7.11 Å². The lowest BCUT2D eigenvalue weighted by molar-refractivity contribution is 0.0822. The lowest BCUT2D eigenvalue weighted by atomic mass is 9.58. The number of nitrogens with one attached hydrogen (secondary N) is 1. The molecule has 1 saturated heterocycles. The molecule has 0 spiro atoms. The van der Waals surface area contributed by atoms with E-state index in [0.717, 1.165) is 61.6 Å². The summed E-state index contributed by atoms with van der Waals surface area (Å²) in [6.07, 6.45) is 4.34. The summed E-state index contributed by atoms with van der Waals surface area (Å²) >= 11 is 6.70. The largest absolute Gasteiger partial charge is 0.497 e. The minimum absolute atomic E-state index is 0.109. The molecule has 0 amide bonds. The molecule has 1 aromatic heterocycles. The summed E-state index contributed by atoms with van der Waals surface area (Å²) in [6, 6.07) is 25.9. The first-order valence-electron chi connectivity index (χ1n) is 12.3. The van der Waals surface area contributed by atoms with Crippen molar-refractivity contribution in [2.24, 2.45) is 5.92 Å². The van der Waals surface area contributed by atoms with Gasteiger partial charge in [-0.2, -0.15) is 0 Å². The maximum Gasteiger partial charge on any atom is 0.119 e. The number of ether oxygens (including phenoxy) is 1. The molecule has 4 heteroatoms. The van der Waals surface area contributed by atoms with E-state index in [0.29, 0.717) is 5.92 Å². The Kier molecular flexibility index (Phi) is 5.63. The molecule has 0 saturated carbocycles. The Morgan fingerprint density at radius 2 is 1.91 bits per heavy atom. The molecule has 0 bridgehead atoms. The number of hydrogen-bond acceptors (Lipinski definition) is 2. The minimum Gasteiger partial charge on any atom is -0.497 e. The van der Waals surface area contributed by atoms with E-state index >= 15 is 0 Å². The van der Waals surface area contributed by atoms with Gasteiger partial charge in [-0.05, 0) is 79.1 Å². The first-order valence-corrected chi connectivity index (χ1v) is 12.7. The van der Waals surface area contributed by atoms with Gasteiger partial charge in [-0.3, -0.25) is 0 Å². The first kappa shape index (κ1) is 21.8. The Labute approximate surface area is 206 Å². The normalized spacial score (nSPS) is 22.4. The molecule has 0 radical (unpaired) electrons. The molecule has 3 nitrogen and oxygen atoms in total. The summed E-state index contributed by atoms with van der Waals surface area (Å²) in [6.45, 7) is 3.34. The fourth-order valence-corrected chi connectivity index (χ4v) is 6.73. The lowest BCUT2D eigenvalue weighted by Gasteiger charge is -2.51. The van der Waals surface area contributed by atoms with Crippen LogP contribution >= 0.6 is 11.6 Å². The van der Waals surface area contributed by atoms with Crippen molar-refractivity contribution in [1.29, 1.82) is 0 Å². The van der Waals surface area contributed by atoms with E-state index in [1.165, 1.54) is 27.8 Å². The lowest BCUT2D eigenvalue weighted by Crippen LogP contribution is -2.54. The average Bonchev–Trinajstić information content (AvgIpc) is 3.24. The standard InChI is InChI=1S/C30H31ClN2O/c1-34-24-10-5-9-22(17-24)30-14-16-33(15-13-21-7-3-2-4-8-21)20-23(30)18-25-28(19-30)32-27-12-6-11-26(31)29(25)27/h2-12,17,23,32H,13-16,18-20H2,1H3. The van der Waals surface area contributed by atoms with E-state index in [2.05, 4.69) is 70.5 Å². The summed E-state index contributed by atoms with van der Waals surface area (Å²) in [5, 5.41) is 2.08. The molecule has 4 aromatic rings. The molecule has 1 N–H and O–H groups in total. The van der Waals surface area contributed by atoms with Crippen molar-refractivity contribution in [2.75, 3.05) is 26.7 Å². The van der Waals surface area contributed by atoms with Crippen LogP contribution in [0.4, 0.5) is 0 Å². The van der Waals surface area contributed by atoms with E-state index in [4.69, 9.17) is 16.3 Å². The van der Waals surface area contributed by atoms with Crippen LogP contribution < -0.4 is 4.74 Å². The Hall–Kier alpha value is -2.75. The van der Waals surface area contributed by atoms with Crippen molar-refractivity contribution in [3.63, 3.8) is 0 Å². The summed E-state index contributed by atoms with van der Waals surface area (Å²) in [4.78, 5) is 6.42. The Morgan fingerprint density at radius 1 is 1.06 bits per heavy atom. The van der Waals surface area contributed by atoms with Crippen molar-refractivity contribution >= 4 is 22.5 Å². The van der Waals surface area contributed by atoms with Crippen LogP contribution in [0.15, 0.2) is 72.8 Å². The predicted octanol–water partition coefficient (Wildman–Crippen LogP) is 6.43. The van der Waals surface area contributed by atoms with Crippen molar-refractivity contribution in [2.45, 2.75) is 31.1 Å². The number of rotatable bonds is 5. The topological polar surface area (TPSA) is 28.3 Å². The van der Waals surface area contributed by atoms with Crippen LogP contribution in [0.3, 0.4) is 0 Å². The number of H-pyrrole nitrogens is 1. The van der Waals surface area contributed by atoms with Gasteiger partial charge in [-0.1, -0.05) is 60.1 Å². The van der Waals surface area contributed by atoms with E-state index < -0.39 is 0 Å². The molecule has 174 valence electrons. The van der Waals surface area contributed by atoms with Gasteiger partial charge in [-0.25, -0.2) is 0 Å². The minimum atomic E-state index is 0.109. The molecule has 3 aromatic carbocycles. The predicted molar refractivity (Wildman–Crippen MR) is 140 cm³/mol. The average molecular weight is 471 g/mol. The number of hydrogen-bond donors (Lipinski definition) is 1. The molecule has 1 aliphatic carbocycles. The second-order valence-corrected chi connectivity index (χ2v) is 10.4. The van der Waals surface area contributed by atoms with Gasteiger partial charge in [0.25, 0.3) is 0 Å². The number of fused-ring (bicyclic) bond motifs is 4. The maximum absolute atomic E-state index is 6.70. The maximum atomic E-state index is 6.70. The van der Waals surface area contributed by atoms with Crippen LogP contribution in [0.25, 0.3) is 10.9 Å². The molecule has 34 heavy (non-hydrogen) atoms. The van der Waals surface area contributed by atoms with Gasteiger partial charge in [0.05, 0.1) is 12.1 Å². The SMILES string of the molecule is COc1cccc(C23CCN(CCc4ccccc4)CC2Cc2c([nH]c4cccc(Cl)c24)C3)c1. The molecule has 1 aliphatic heterocycles. The van der Waals surface area contributed by atoms with Gasteiger partial charge in [0, 0.05) is 35.1 Å². The van der Waals surface area contributed by atoms with Crippen LogP contribution in [0.5, 0.6) is 5.75 Å². The number of likely N-dealkylation sites (tertiary alicyclic amines) is 1. The highest BCUT2D eigenvalue weighted by Gasteiger charge is 2.48. The summed E-state index contributed by atoms with van der Waals surface area (Å²) < 4.78 is 5.63. The molecule has 6 rings (SSSR count). The number of aromatic amines is 1. The molecule has 2 unspecified atom stereocenters. The Morgan fingerprint density at radius 3 is 2.76 bits per heavy atom. The van der Waals surface area contributed by atoms with Crippen molar-refractivity contribution < 1.29 is 4.74 Å². The van der Waals surface area contributed by atoms with E-state index in [1.807, 2.05) is 12.1 Å². The highest BCUT2D eigenvalue weighted by Crippen LogP contribution is 2.50. The van der Waals surface area contributed by atoms with Crippen LogP contribution in [-0.2, 0) is 24.7 Å². The Balaban J connectivity index is 1.37. The number of benzene rings is 3. The third-order valence-corrected chi connectivity index (χ3v) is 8.56. The smallest absolute Gasteiger partial charge is 0.119 e. The van der Waals surface area contributed by atoms with Crippen molar-refractivity contribution in [3.8, 4) is 5.75 Å². The van der Waals surface area contributed by atoms with Crippen molar-refractivity contribution in [3.05, 3.63) is 100 Å². The third-order valence-electron chi connectivity index (χ3n) is 8.25. The molecule has 2 heterocycles. The second-order valence-electron chi connectivity index (χ2n) is 10.00. The highest BCUT2D eigenvalue weighted by molar-refractivity contribution is 6.35. The number of piperidine rings is 1. The van der Waals surface area contributed by atoms with Gasteiger partial charge in [0.1, 0.15) is 5.75 Å². The van der Waals surface area contributed by atoms with Gasteiger partial charge in [0.2, 0.25) is 0 Å². The zero-order valence-electron chi connectivity index (χ0n) is 19.7. The van der Waals surface area contributed by atoms with Crippen LogP contribution in [-0.4, -0.2) is 36.6 Å². The molecular formula is C30H31ClN2O. The van der Waals surface area contributed by atoms with Crippen LogP contribution in [0, 0.1) is 5.92 Å². The number of aromatic nitrogens is 1. The first-order chi connectivity index (χ1) is 16.7. The number of nitrogens with zero attached hydrogens (tertiary/aromatic N) is 1. The highest BCUT2D eigenvalue weighted by atomic mass is 35.5. The monoisotopic (exact) mass is 470 g/mol. The quantitative estimate of drug-likeness (QED) is 0.364. The summed E-state index contributed by atoms with van der Waals surface area (Å²) in [5.41, 5.74) is 6.89. The van der Waals surface area contributed by atoms with E-state index in [9.17, 15) is 0 Å². The van der Waals surface area contributed by atoms with Gasteiger partial charge in [0.15, 0.2) is 0 Å². The molecular weight excluding hydrogens is 440 g/mol. The van der Waals surface area contributed by atoms with E-state index in [-0.39, 0.29) is 5.41 Å². The number of halogens is 1. The van der Waals surface area contributed by atoms with Crippen LogP contribution in [0.2, 0.25) is 5.02 Å². The Bertz CT molecular complexity index is 1310. The van der Waals surface area contributed by atoms with Crippen molar-refractivity contribution in [1.82, 2.24) is 9.88 Å². The zero-order valence-corrected chi connectivity index (χ0v) is 20.4. The summed E-state index contributed by atoms with van der Waals surface area (Å²) in [5.74, 6) is 1.48. The van der Waals surface area contributed by atoms with Gasteiger partial charge < -0.3 is 14.6 Å². The molecule has 2 atom stereocenters. The molecule has 2 aliphatic rings. The van der Waals surface area contributed by atoms with Crippen LogP contribution in [0.1, 0.15) is 28.8 Å². The summed E-state index contributed by atoms with van der Waals surface area (Å²) in [7, 11) is 1.76. The second kappa shape index (κ2) is 8.79. The number of methoxy groups -OCH3 is 1. The zero-order chi connectivity index (χ0) is 23.1. The fraction of sp³-hybridized carbons (Fsp3) is 0.333.